The maximum Gasteiger partial charge on any atom is 0.227 e. The monoisotopic (exact) mass is 553 g/mol. The fourth-order valence-electron chi connectivity index (χ4n) is 6.25. The van der Waals surface area contributed by atoms with Crippen molar-refractivity contribution in [1.29, 1.82) is 0 Å². The van der Waals surface area contributed by atoms with Crippen LogP contribution in [0, 0.1) is 5.92 Å². The van der Waals surface area contributed by atoms with Crippen molar-refractivity contribution in [2.24, 2.45) is 5.92 Å². The number of aromatic nitrogens is 2. The molecule has 6 rings (SSSR count). The Kier molecular flexibility index (Phi) is 8.09. The number of amides is 1. The Bertz CT molecular complexity index is 1480. The molecule has 3 heterocycles. The van der Waals surface area contributed by atoms with E-state index in [1.165, 1.54) is 5.56 Å². The number of ether oxygens (including phenoxy) is 2. The van der Waals surface area contributed by atoms with Gasteiger partial charge in [-0.1, -0.05) is 36.4 Å². The molecule has 1 atom stereocenters. The standard InChI is InChI=1S/C33H39N5O3/c1-40-27-15-13-25(14-16-27)22-38-29-10-4-3-9-28(29)34-32(38)24-35-17-7-8-26(23-35)33(39)37-20-18-36(19-21-37)30-11-5-6-12-31(30)41-2/h3-6,9-16,26H,7-8,17-24H2,1-2H3/t26-/m0/s1. The summed E-state index contributed by atoms with van der Waals surface area (Å²) in [5, 5.41) is 0. The van der Waals surface area contributed by atoms with Crippen molar-refractivity contribution in [3.63, 3.8) is 0 Å². The number of piperazine rings is 1. The number of carbonyl (C=O) groups excluding carboxylic acids is 1. The maximum absolute atomic E-state index is 13.6. The van der Waals surface area contributed by atoms with Gasteiger partial charge in [-0.05, 0) is 61.3 Å². The van der Waals surface area contributed by atoms with Crippen molar-refractivity contribution in [2.75, 3.05) is 58.4 Å². The maximum atomic E-state index is 13.6. The van der Waals surface area contributed by atoms with Crippen LogP contribution in [0.4, 0.5) is 5.69 Å². The van der Waals surface area contributed by atoms with E-state index in [0.717, 1.165) is 99.2 Å². The van der Waals surface area contributed by atoms with E-state index in [1.54, 1.807) is 14.2 Å². The quantitative estimate of drug-likeness (QED) is 0.316. The van der Waals surface area contributed by atoms with Gasteiger partial charge in [-0.2, -0.15) is 0 Å². The first-order valence-corrected chi connectivity index (χ1v) is 14.6. The predicted molar refractivity (Wildman–Crippen MR) is 162 cm³/mol. The fourth-order valence-corrected chi connectivity index (χ4v) is 6.25. The number of benzene rings is 3. The van der Waals surface area contributed by atoms with Crippen molar-refractivity contribution in [2.45, 2.75) is 25.9 Å². The van der Waals surface area contributed by atoms with E-state index in [9.17, 15) is 4.79 Å². The highest BCUT2D eigenvalue weighted by Gasteiger charge is 2.32. The molecule has 0 unspecified atom stereocenters. The molecule has 2 aliphatic rings. The first-order valence-electron chi connectivity index (χ1n) is 14.6. The summed E-state index contributed by atoms with van der Waals surface area (Å²) in [6, 6.07) is 24.7. The summed E-state index contributed by atoms with van der Waals surface area (Å²) in [7, 11) is 3.40. The van der Waals surface area contributed by atoms with Gasteiger partial charge in [0, 0.05) is 39.3 Å². The van der Waals surface area contributed by atoms with Crippen LogP contribution in [0.15, 0.2) is 72.8 Å². The van der Waals surface area contributed by atoms with Gasteiger partial charge in [0.15, 0.2) is 0 Å². The normalized spacial score (nSPS) is 18.0. The first kappa shape index (κ1) is 27.1. The summed E-state index contributed by atoms with van der Waals surface area (Å²) in [4.78, 5) is 25.5. The fraction of sp³-hybridized carbons (Fsp3) is 0.394. The minimum Gasteiger partial charge on any atom is -0.497 e. The number of methoxy groups -OCH3 is 2. The summed E-state index contributed by atoms with van der Waals surface area (Å²) < 4.78 is 13.2. The van der Waals surface area contributed by atoms with E-state index in [1.807, 2.05) is 36.4 Å². The largest absolute Gasteiger partial charge is 0.497 e. The lowest BCUT2D eigenvalue weighted by atomic mass is 9.96. The Morgan fingerprint density at radius 2 is 1.61 bits per heavy atom. The summed E-state index contributed by atoms with van der Waals surface area (Å²) in [5.74, 6) is 3.10. The average molecular weight is 554 g/mol. The van der Waals surface area contributed by atoms with Gasteiger partial charge in [0.1, 0.15) is 17.3 Å². The van der Waals surface area contributed by atoms with Crippen LogP contribution in [0.2, 0.25) is 0 Å². The molecule has 2 aliphatic heterocycles. The van der Waals surface area contributed by atoms with Gasteiger partial charge in [-0.25, -0.2) is 4.98 Å². The van der Waals surface area contributed by atoms with E-state index in [0.29, 0.717) is 5.91 Å². The van der Waals surface area contributed by atoms with Crippen LogP contribution in [0.25, 0.3) is 11.0 Å². The van der Waals surface area contributed by atoms with Crippen LogP contribution in [0.5, 0.6) is 11.5 Å². The molecule has 8 nitrogen and oxygen atoms in total. The third-order valence-corrected chi connectivity index (χ3v) is 8.47. The number of imidazole rings is 1. The molecule has 0 radical (unpaired) electrons. The molecule has 0 aliphatic carbocycles. The zero-order valence-electron chi connectivity index (χ0n) is 24.0. The molecule has 0 bridgehead atoms. The molecule has 4 aromatic rings. The number of para-hydroxylation sites is 4. The number of nitrogens with zero attached hydrogens (tertiary/aromatic N) is 5. The van der Waals surface area contributed by atoms with E-state index in [-0.39, 0.29) is 5.92 Å². The number of carbonyl (C=O) groups is 1. The molecule has 0 saturated carbocycles. The molecule has 41 heavy (non-hydrogen) atoms. The molecule has 8 heteroatoms. The number of likely N-dealkylation sites (tertiary alicyclic amines) is 1. The van der Waals surface area contributed by atoms with Crippen LogP contribution in [0.3, 0.4) is 0 Å². The topological polar surface area (TPSA) is 63.1 Å². The van der Waals surface area contributed by atoms with Crippen molar-refractivity contribution in [3.05, 3.63) is 84.2 Å². The Hall–Kier alpha value is -4.04. The SMILES string of the molecule is COc1ccc(Cn2c(CN3CCC[C@H](C(=O)N4CCN(c5ccccc5OC)CC4)C3)nc3ccccc32)cc1. The predicted octanol–water partition coefficient (Wildman–Crippen LogP) is 4.66. The third-order valence-electron chi connectivity index (χ3n) is 8.47. The van der Waals surface area contributed by atoms with Crippen LogP contribution >= 0.6 is 0 Å². The second-order valence-corrected chi connectivity index (χ2v) is 11.0. The van der Waals surface area contributed by atoms with Gasteiger partial charge in [0.2, 0.25) is 5.91 Å². The number of anilines is 1. The number of fused-ring (bicyclic) bond motifs is 1. The van der Waals surface area contributed by atoms with E-state index >= 15 is 0 Å². The van der Waals surface area contributed by atoms with Gasteiger partial charge in [-0.3, -0.25) is 9.69 Å². The highest BCUT2D eigenvalue weighted by Crippen LogP contribution is 2.29. The van der Waals surface area contributed by atoms with Crippen LogP contribution in [0.1, 0.15) is 24.2 Å². The van der Waals surface area contributed by atoms with Crippen molar-refractivity contribution >= 4 is 22.6 Å². The molecule has 0 N–H and O–H groups in total. The minimum absolute atomic E-state index is 0.0287. The summed E-state index contributed by atoms with van der Waals surface area (Å²) >= 11 is 0. The highest BCUT2D eigenvalue weighted by atomic mass is 16.5. The van der Waals surface area contributed by atoms with Crippen molar-refractivity contribution in [1.82, 2.24) is 19.4 Å². The van der Waals surface area contributed by atoms with Gasteiger partial charge >= 0.3 is 0 Å². The van der Waals surface area contributed by atoms with E-state index in [4.69, 9.17) is 14.5 Å². The lowest BCUT2D eigenvalue weighted by Crippen LogP contribution is -2.52. The van der Waals surface area contributed by atoms with Gasteiger partial charge in [0.05, 0.1) is 43.4 Å². The number of hydrogen-bond donors (Lipinski definition) is 0. The van der Waals surface area contributed by atoms with E-state index in [2.05, 4.69) is 55.7 Å². The lowest BCUT2D eigenvalue weighted by molar-refractivity contribution is -0.137. The summed E-state index contributed by atoms with van der Waals surface area (Å²) in [6.07, 6.45) is 1.97. The third kappa shape index (κ3) is 5.88. The van der Waals surface area contributed by atoms with Crippen LogP contribution in [-0.4, -0.2) is 78.7 Å². The zero-order valence-corrected chi connectivity index (χ0v) is 24.0. The van der Waals surface area contributed by atoms with Gasteiger partial charge in [0.25, 0.3) is 0 Å². The first-order chi connectivity index (χ1) is 20.1. The van der Waals surface area contributed by atoms with E-state index < -0.39 is 0 Å². The van der Waals surface area contributed by atoms with Gasteiger partial charge < -0.3 is 23.8 Å². The minimum atomic E-state index is 0.0287. The molecule has 1 amide bonds. The lowest BCUT2D eigenvalue weighted by Gasteiger charge is -2.40. The second-order valence-electron chi connectivity index (χ2n) is 11.0. The highest BCUT2D eigenvalue weighted by molar-refractivity contribution is 5.79. The molecule has 2 saturated heterocycles. The zero-order chi connectivity index (χ0) is 28.2. The summed E-state index contributed by atoms with van der Waals surface area (Å²) in [6.45, 7) is 6.35. The molecule has 0 spiro atoms. The Balaban J connectivity index is 1.12. The number of hydrogen-bond acceptors (Lipinski definition) is 6. The Labute approximate surface area is 242 Å². The average Bonchev–Trinajstić information content (AvgIpc) is 3.37. The molecule has 214 valence electrons. The van der Waals surface area contributed by atoms with Crippen LogP contribution in [-0.2, 0) is 17.9 Å². The Morgan fingerprint density at radius 1 is 0.854 bits per heavy atom. The number of rotatable bonds is 8. The molecule has 2 fully saturated rings. The smallest absolute Gasteiger partial charge is 0.227 e. The summed E-state index contributed by atoms with van der Waals surface area (Å²) in [5.41, 5.74) is 4.45. The second kappa shape index (κ2) is 12.2. The molecule has 1 aromatic heterocycles. The van der Waals surface area contributed by atoms with Crippen LogP contribution < -0.4 is 14.4 Å². The Morgan fingerprint density at radius 3 is 2.39 bits per heavy atom. The van der Waals surface area contributed by atoms with Crippen molar-refractivity contribution < 1.29 is 14.3 Å². The molecular weight excluding hydrogens is 514 g/mol. The van der Waals surface area contributed by atoms with Gasteiger partial charge in [-0.15, -0.1) is 0 Å². The van der Waals surface area contributed by atoms with Crippen molar-refractivity contribution in [3.8, 4) is 11.5 Å². The number of piperidine rings is 1. The molecule has 3 aromatic carbocycles. The molecular formula is C33H39N5O3.